The highest BCUT2D eigenvalue weighted by Gasteiger charge is 2.35. The summed E-state index contributed by atoms with van der Waals surface area (Å²) in [6.07, 6.45) is -0.0118. The molecule has 0 spiro atoms. The molecule has 7 heteroatoms. The molecule has 1 aliphatic heterocycles. The van der Waals surface area contributed by atoms with Crippen molar-refractivity contribution in [3.05, 3.63) is 70.9 Å². The molecule has 1 saturated heterocycles. The van der Waals surface area contributed by atoms with E-state index in [1.165, 1.54) is 11.1 Å². The summed E-state index contributed by atoms with van der Waals surface area (Å²) in [5.41, 5.74) is 5.30. The average Bonchev–Trinajstić information content (AvgIpc) is 3.30. The maximum Gasteiger partial charge on any atom is 0.306 e. The summed E-state index contributed by atoms with van der Waals surface area (Å²) in [6.45, 7) is 3.26. The van der Waals surface area contributed by atoms with E-state index < -0.39 is 27.4 Å². The van der Waals surface area contributed by atoms with Gasteiger partial charge in [-0.2, -0.15) is 11.3 Å². The fourth-order valence-electron chi connectivity index (χ4n) is 3.62. The van der Waals surface area contributed by atoms with Gasteiger partial charge in [-0.05, 0) is 64.9 Å². The van der Waals surface area contributed by atoms with Gasteiger partial charge in [0.25, 0.3) is 0 Å². The van der Waals surface area contributed by atoms with Gasteiger partial charge >= 0.3 is 5.97 Å². The first kappa shape index (κ1) is 21.7. The van der Waals surface area contributed by atoms with Gasteiger partial charge in [0.05, 0.1) is 11.3 Å². The molecule has 2 atom stereocenters. The van der Waals surface area contributed by atoms with E-state index in [-0.39, 0.29) is 12.4 Å². The largest absolute Gasteiger partial charge is 0.456 e. The Labute approximate surface area is 187 Å². The molecule has 2 aromatic carbocycles. The Bertz CT molecular complexity index is 1140. The van der Waals surface area contributed by atoms with Crippen LogP contribution in [0.2, 0.25) is 0 Å². The number of benzene rings is 2. The first-order valence-corrected chi connectivity index (χ1v) is 12.8. The van der Waals surface area contributed by atoms with Gasteiger partial charge in [-0.15, -0.1) is 0 Å². The molecule has 5 nitrogen and oxygen atoms in total. The van der Waals surface area contributed by atoms with Crippen LogP contribution in [-0.2, 0) is 19.6 Å². The fraction of sp³-hybridized carbons (Fsp3) is 0.292. The number of hydrogen-bond donors (Lipinski definition) is 1. The second-order valence-corrected chi connectivity index (χ2v) is 11.0. The Balaban J connectivity index is 1.54. The molecule has 0 aliphatic carbocycles. The Hall–Kier alpha value is -2.48. The molecule has 1 fully saturated rings. The number of hydrogen-bond acceptors (Lipinski definition) is 5. The van der Waals surface area contributed by atoms with E-state index in [0.717, 1.165) is 16.7 Å². The molecule has 1 N–H and O–H groups in total. The first-order chi connectivity index (χ1) is 14.8. The zero-order valence-corrected chi connectivity index (χ0v) is 19.1. The lowest BCUT2D eigenvalue weighted by molar-refractivity contribution is -0.156. The van der Waals surface area contributed by atoms with E-state index >= 15 is 0 Å². The van der Waals surface area contributed by atoms with Crippen molar-refractivity contribution in [2.24, 2.45) is 0 Å². The monoisotopic (exact) mass is 455 g/mol. The van der Waals surface area contributed by atoms with E-state index in [9.17, 15) is 13.2 Å². The number of sulfonamides is 1. The number of nitrogens with one attached hydrogen (secondary N) is 1. The highest BCUT2D eigenvalue weighted by atomic mass is 32.2. The summed E-state index contributed by atoms with van der Waals surface area (Å²) < 4.78 is 33.0. The van der Waals surface area contributed by atoms with Crippen LogP contribution < -0.4 is 4.72 Å². The van der Waals surface area contributed by atoms with E-state index in [1.807, 2.05) is 24.3 Å². The third kappa shape index (κ3) is 4.89. The van der Waals surface area contributed by atoms with Crippen LogP contribution in [0.3, 0.4) is 0 Å². The van der Waals surface area contributed by atoms with E-state index in [1.54, 1.807) is 25.2 Å². The summed E-state index contributed by atoms with van der Waals surface area (Å²) in [5, 5.41) is 3.64. The molecule has 0 radical (unpaired) electrons. The number of rotatable bonds is 6. The number of thiophene rings is 1. The Morgan fingerprint density at radius 2 is 1.52 bits per heavy atom. The van der Waals surface area contributed by atoms with Crippen molar-refractivity contribution >= 4 is 27.3 Å². The number of ether oxygens (including phenoxy) is 1. The molecule has 4 rings (SSSR count). The van der Waals surface area contributed by atoms with Gasteiger partial charge in [0, 0.05) is 6.42 Å². The number of cyclic esters (lactones) is 1. The molecule has 3 aromatic rings. The second kappa shape index (κ2) is 8.94. The quantitative estimate of drug-likeness (QED) is 0.521. The van der Waals surface area contributed by atoms with Gasteiger partial charge in [-0.25, -0.2) is 13.1 Å². The number of carbonyl (C=O) groups excluding carboxylic acids is 1. The fourth-order valence-corrected chi connectivity index (χ4v) is 5.23. The Morgan fingerprint density at radius 1 is 0.935 bits per heavy atom. The van der Waals surface area contributed by atoms with Gasteiger partial charge in [-0.3, -0.25) is 4.79 Å². The summed E-state index contributed by atoms with van der Waals surface area (Å²) in [5.74, 6) is -0.307. The molecular formula is C24H25NO4S2. The minimum Gasteiger partial charge on any atom is -0.456 e. The standard InChI is InChI=1S/C24H25NO4S2/c1-16(2)31(27,28)25-22-11-12-23(26)29-24(22)20-9-7-18(8-10-20)17-3-5-19(6-4-17)21-13-14-30-15-21/h3-10,13-16,22,24-25H,11-12H2,1-2H3. The van der Waals surface area contributed by atoms with Crippen LogP contribution in [0.25, 0.3) is 22.3 Å². The Kier molecular flexibility index (Phi) is 6.27. The molecule has 2 heterocycles. The molecule has 162 valence electrons. The summed E-state index contributed by atoms with van der Waals surface area (Å²) >= 11 is 1.68. The van der Waals surface area contributed by atoms with Crippen molar-refractivity contribution in [3.8, 4) is 22.3 Å². The lowest BCUT2D eigenvalue weighted by Crippen LogP contribution is -2.46. The summed E-state index contributed by atoms with van der Waals surface area (Å²) in [7, 11) is -3.47. The van der Waals surface area contributed by atoms with Crippen LogP contribution in [0.4, 0.5) is 0 Å². The molecular weight excluding hydrogens is 430 g/mol. The van der Waals surface area contributed by atoms with Crippen molar-refractivity contribution in [1.82, 2.24) is 4.72 Å². The lowest BCUT2D eigenvalue weighted by atomic mass is 9.94. The van der Waals surface area contributed by atoms with Crippen LogP contribution in [0.1, 0.15) is 38.4 Å². The van der Waals surface area contributed by atoms with Crippen LogP contribution in [-0.4, -0.2) is 25.7 Å². The third-order valence-corrected chi connectivity index (χ3v) is 8.09. The van der Waals surface area contributed by atoms with Crippen LogP contribution in [0.15, 0.2) is 65.4 Å². The lowest BCUT2D eigenvalue weighted by Gasteiger charge is -2.32. The number of carbonyl (C=O) groups is 1. The van der Waals surface area contributed by atoms with Crippen LogP contribution >= 0.6 is 11.3 Å². The van der Waals surface area contributed by atoms with Gasteiger partial charge in [0.1, 0.15) is 6.10 Å². The number of esters is 1. The van der Waals surface area contributed by atoms with Crippen molar-refractivity contribution in [3.63, 3.8) is 0 Å². The minimum absolute atomic E-state index is 0.205. The van der Waals surface area contributed by atoms with Gasteiger partial charge in [0.15, 0.2) is 0 Å². The van der Waals surface area contributed by atoms with Crippen LogP contribution in [0, 0.1) is 0 Å². The van der Waals surface area contributed by atoms with Gasteiger partial charge < -0.3 is 4.74 Å². The molecule has 31 heavy (non-hydrogen) atoms. The van der Waals surface area contributed by atoms with E-state index in [2.05, 4.69) is 45.8 Å². The SMILES string of the molecule is CC(C)S(=O)(=O)NC1CCC(=O)OC1c1ccc(-c2ccc(-c3ccsc3)cc2)cc1. The summed E-state index contributed by atoms with van der Waals surface area (Å²) in [4.78, 5) is 11.9. The van der Waals surface area contributed by atoms with E-state index in [4.69, 9.17) is 4.74 Å². The maximum atomic E-state index is 12.4. The van der Waals surface area contributed by atoms with Crippen molar-refractivity contribution < 1.29 is 17.9 Å². The maximum absolute atomic E-state index is 12.4. The zero-order chi connectivity index (χ0) is 22.0. The molecule has 0 bridgehead atoms. The highest BCUT2D eigenvalue weighted by Crippen LogP contribution is 2.32. The molecule has 0 saturated carbocycles. The molecule has 1 aromatic heterocycles. The molecule has 0 amide bonds. The zero-order valence-electron chi connectivity index (χ0n) is 17.4. The van der Waals surface area contributed by atoms with Crippen molar-refractivity contribution in [1.29, 1.82) is 0 Å². The Morgan fingerprint density at radius 3 is 2.06 bits per heavy atom. The molecule has 2 unspecified atom stereocenters. The topological polar surface area (TPSA) is 72.5 Å². The smallest absolute Gasteiger partial charge is 0.306 e. The van der Waals surface area contributed by atoms with Gasteiger partial charge in [0.2, 0.25) is 10.0 Å². The molecule has 1 aliphatic rings. The minimum atomic E-state index is -3.47. The van der Waals surface area contributed by atoms with Gasteiger partial charge in [-0.1, -0.05) is 48.5 Å². The normalized spacial score (nSPS) is 19.4. The predicted molar refractivity (Wildman–Crippen MR) is 124 cm³/mol. The van der Waals surface area contributed by atoms with Crippen molar-refractivity contribution in [2.45, 2.75) is 44.1 Å². The summed E-state index contributed by atoms with van der Waals surface area (Å²) in [6, 6.07) is 17.8. The first-order valence-electron chi connectivity index (χ1n) is 10.3. The predicted octanol–water partition coefficient (Wildman–Crippen LogP) is 5.16. The van der Waals surface area contributed by atoms with Crippen LogP contribution in [0.5, 0.6) is 0 Å². The third-order valence-electron chi connectivity index (χ3n) is 5.53. The highest BCUT2D eigenvalue weighted by molar-refractivity contribution is 7.90. The van der Waals surface area contributed by atoms with E-state index in [0.29, 0.717) is 6.42 Å². The van der Waals surface area contributed by atoms with Crippen molar-refractivity contribution in [2.75, 3.05) is 0 Å². The average molecular weight is 456 g/mol. The second-order valence-electron chi connectivity index (χ2n) is 7.98.